The van der Waals surface area contributed by atoms with Gasteiger partial charge in [-0.15, -0.1) is 0 Å². The van der Waals surface area contributed by atoms with Crippen LogP contribution < -0.4 is 4.74 Å². The molecule has 94 valence electrons. The number of ether oxygens (including phenoxy) is 1. The van der Waals surface area contributed by atoms with Crippen LogP contribution in [0.2, 0.25) is 0 Å². The predicted octanol–water partition coefficient (Wildman–Crippen LogP) is 5.07. The highest BCUT2D eigenvalue weighted by molar-refractivity contribution is 5.37. The van der Waals surface area contributed by atoms with Gasteiger partial charge >= 0.3 is 0 Å². The normalized spacial score (nSPS) is 10.6. The molecule has 18 heavy (non-hydrogen) atoms. The van der Waals surface area contributed by atoms with Gasteiger partial charge in [-0.25, -0.2) is 0 Å². The molecule has 0 atom stereocenters. The predicted molar refractivity (Wildman–Crippen MR) is 76.1 cm³/mol. The van der Waals surface area contributed by atoms with Crippen LogP contribution >= 0.6 is 0 Å². The largest absolute Gasteiger partial charge is 0.457 e. The first-order valence-electron chi connectivity index (χ1n) is 6.56. The maximum Gasteiger partial charge on any atom is 0.130 e. The Hall–Kier alpha value is -1.76. The molecule has 0 saturated heterocycles. The molecule has 0 spiro atoms. The Labute approximate surface area is 109 Å². The zero-order valence-corrected chi connectivity index (χ0v) is 11.1. The van der Waals surface area contributed by atoms with Crippen LogP contribution in [0.25, 0.3) is 0 Å². The molecule has 0 aliphatic carbocycles. The van der Waals surface area contributed by atoms with Crippen LogP contribution in [0.5, 0.6) is 11.5 Å². The van der Waals surface area contributed by atoms with Crippen LogP contribution in [-0.2, 0) is 6.42 Å². The molecule has 0 bridgehead atoms. The van der Waals surface area contributed by atoms with Crippen molar-refractivity contribution in [2.24, 2.45) is 5.92 Å². The minimum Gasteiger partial charge on any atom is -0.457 e. The Kier molecular flexibility index (Phi) is 4.40. The lowest BCUT2D eigenvalue weighted by Gasteiger charge is -2.12. The average Bonchev–Trinajstić information content (AvgIpc) is 2.39. The molecule has 0 unspecified atom stereocenters. The summed E-state index contributed by atoms with van der Waals surface area (Å²) in [5, 5.41) is 0. The highest BCUT2D eigenvalue weighted by atomic mass is 16.5. The Morgan fingerprint density at radius 1 is 0.889 bits per heavy atom. The van der Waals surface area contributed by atoms with E-state index in [1.807, 2.05) is 42.5 Å². The topological polar surface area (TPSA) is 9.23 Å². The van der Waals surface area contributed by atoms with Gasteiger partial charge in [0, 0.05) is 0 Å². The van der Waals surface area contributed by atoms with Crippen molar-refractivity contribution in [1.82, 2.24) is 0 Å². The summed E-state index contributed by atoms with van der Waals surface area (Å²) in [6, 6.07) is 18.3. The highest BCUT2D eigenvalue weighted by Crippen LogP contribution is 2.26. The number of para-hydroxylation sites is 2. The molecule has 2 aromatic carbocycles. The molecule has 0 aliphatic heterocycles. The summed E-state index contributed by atoms with van der Waals surface area (Å²) in [6.07, 6.45) is 2.26. The molecule has 0 radical (unpaired) electrons. The molecule has 0 aromatic heterocycles. The molecular formula is C17H20O. The van der Waals surface area contributed by atoms with Crippen molar-refractivity contribution in [2.45, 2.75) is 26.7 Å². The summed E-state index contributed by atoms with van der Waals surface area (Å²) in [5.41, 5.74) is 1.29. The smallest absolute Gasteiger partial charge is 0.130 e. The lowest BCUT2D eigenvalue weighted by atomic mass is 10.0. The summed E-state index contributed by atoms with van der Waals surface area (Å²) < 4.78 is 5.94. The van der Waals surface area contributed by atoms with Gasteiger partial charge in [0.1, 0.15) is 11.5 Å². The minimum absolute atomic E-state index is 0.717. The van der Waals surface area contributed by atoms with E-state index in [2.05, 4.69) is 26.0 Å². The second kappa shape index (κ2) is 6.25. The van der Waals surface area contributed by atoms with Gasteiger partial charge in [-0.05, 0) is 42.5 Å². The van der Waals surface area contributed by atoms with E-state index in [-0.39, 0.29) is 0 Å². The van der Waals surface area contributed by atoms with Crippen LogP contribution in [0.3, 0.4) is 0 Å². The molecule has 2 aromatic rings. The van der Waals surface area contributed by atoms with E-state index in [0.717, 1.165) is 23.8 Å². The van der Waals surface area contributed by atoms with Gasteiger partial charge in [-0.3, -0.25) is 0 Å². The van der Waals surface area contributed by atoms with Crippen LogP contribution in [-0.4, -0.2) is 0 Å². The van der Waals surface area contributed by atoms with E-state index in [4.69, 9.17) is 4.74 Å². The first-order valence-corrected chi connectivity index (χ1v) is 6.56. The Morgan fingerprint density at radius 3 is 2.28 bits per heavy atom. The summed E-state index contributed by atoms with van der Waals surface area (Å²) in [4.78, 5) is 0. The molecule has 2 rings (SSSR count). The van der Waals surface area contributed by atoms with E-state index >= 15 is 0 Å². The maximum atomic E-state index is 5.94. The minimum atomic E-state index is 0.717. The van der Waals surface area contributed by atoms with E-state index < -0.39 is 0 Å². The Balaban J connectivity index is 2.12. The summed E-state index contributed by atoms with van der Waals surface area (Å²) in [5.74, 6) is 2.59. The summed E-state index contributed by atoms with van der Waals surface area (Å²) in [7, 11) is 0. The fourth-order valence-electron chi connectivity index (χ4n) is 1.87. The fourth-order valence-corrected chi connectivity index (χ4v) is 1.87. The number of aryl methyl sites for hydroxylation is 1. The van der Waals surface area contributed by atoms with Crippen molar-refractivity contribution in [3.8, 4) is 11.5 Å². The number of hydrogen-bond donors (Lipinski definition) is 0. The van der Waals surface area contributed by atoms with E-state index in [1.54, 1.807) is 0 Å². The van der Waals surface area contributed by atoms with Crippen molar-refractivity contribution in [1.29, 1.82) is 0 Å². The van der Waals surface area contributed by atoms with Gasteiger partial charge in [0.15, 0.2) is 0 Å². The molecule has 1 nitrogen and oxygen atoms in total. The van der Waals surface area contributed by atoms with Crippen LogP contribution in [0.4, 0.5) is 0 Å². The van der Waals surface area contributed by atoms with Gasteiger partial charge in [0.2, 0.25) is 0 Å². The second-order valence-corrected chi connectivity index (χ2v) is 4.96. The Bertz CT molecular complexity index is 474. The van der Waals surface area contributed by atoms with Gasteiger partial charge in [-0.1, -0.05) is 50.2 Å². The average molecular weight is 240 g/mol. The van der Waals surface area contributed by atoms with Crippen LogP contribution in [0.1, 0.15) is 25.8 Å². The molecule has 0 saturated carbocycles. The van der Waals surface area contributed by atoms with Crippen LogP contribution in [0.15, 0.2) is 54.6 Å². The SMILES string of the molecule is CC(C)CCc1ccccc1Oc1ccccc1. The van der Waals surface area contributed by atoms with Crippen molar-refractivity contribution in [2.75, 3.05) is 0 Å². The zero-order chi connectivity index (χ0) is 12.8. The zero-order valence-electron chi connectivity index (χ0n) is 11.1. The standard InChI is InChI=1S/C17H20O/c1-14(2)12-13-15-8-6-7-11-17(15)18-16-9-4-3-5-10-16/h3-11,14H,12-13H2,1-2H3. The number of hydrogen-bond acceptors (Lipinski definition) is 1. The number of rotatable bonds is 5. The molecule has 0 aliphatic rings. The molecule has 0 heterocycles. The summed E-state index contributed by atoms with van der Waals surface area (Å²) >= 11 is 0. The van der Waals surface area contributed by atoms with E-state index in [1.165, 1.54) is 12.0 Å². The van der Waals surface area contributed by atoms with Crippen molar-refractivity contribution >= 4 is 0 Å². The van der Waals surface area contributed by atoms with E-state index in [9.17, 15) is 0 Å². The number of benzene rings is 2. The molecule has 0 fully saturated rings. The van der Waals surface area contributed by atoms with Gasteiger partial charge < -0.3 is 4.74 Å². The molecular weight excluding hydrogens is 220 g/mol. The highest BCUT2D eigenvalue weighted by Gasteiger charge is 2.05. The third kappa shape index (κ3) is 3.63. The molecule has 1 heteroatoms. The monoisotopic (exact) mass is 240 g/mol. The first kappa shape index (κ1) is 12.7. The molecule has 0 amide bonds. The van der Waals surface area contributed by atoms with Crippen molar-refractivity contribution in [3.63, 3.8) is 0 Å². The van der Waals surface area contributed by atoms with Gasteiger partial charge in [0.05, 0.1) is 0 Å². The lowest BCUT2D eigenvalue weighted by molar-refractivity contribution is 0.471. The van der Waals surface area contributed by atoms with Gasteiger partial charge in [-0.2, -0.15) is 0 Å². The van der Waals surface area contributed by atoms with Crippen molar-refractivity contribution in [3.05, 3.63) is 60.2 Å². The van der Waals surface area contributed by atoms with Gasteiger partial charge in [0.25, 0.3) is 0 Å². The van der Waals surface area contributed by atoms with Crippen molar-refractivity contribution < 1.29 is 4.74 Å². The summed E-state index contributed by atoms with van der Waals surface area (Å²) in [6.45, 7) is 4.50. The first-order chi connectivity index (χ1) is 8.75. The van der Waals surface area contributed by atoms with E-state index in [0.29, 0.717) is 0 Å². The third-order valence-corrected chi connectivity index (χ3v) is 2.93. The van der Waals surface area contributed by atoms with Crippen LogP contribution in [0, 0.1) is 5.92 Å². The second-order valence-electron chi connectivity index (χ2n) is 4.96. The molecule has 0 N–H and O–H groups in total. The lowest BCUT2D eigenvalue weighted by Crippen LogP contribution is -1.95. The third-order valence-electron chi connectivity index (χ3n) is 2.93. The maximum absolute atomic E-state index is 5.94. The Morgan fingerprint density at radius 2 is 1.56 bits per heavy atom. The fraction of sp³-hybridized carbons (Fsp3) is 0.294. The quantitative estimate of drug-likeness (QED) is 0.709.